The summed E-state index contributed by atoms with van der Waals surface area (Å²) in [6.45, 7) is 0. The zero-order valence-corrected chi connectivity index (χ0v) is 8.73. The molecule has 4 N–H and O–H groups in total. The zero-order chi connectivity index (χ0) is 12.9. The van der Waals surface area contributed by atoms with E-state index < -0.39 is 36.4 Å². The molecule has 4 atom stereocenters. The van der Waals surface area contributed by atoms with Gasteiger partial charge in [0.25, 0.3) is 0 Å². The molecule has 0 aromatic rings. The Morgan fingerprint density at radius 1 is 0.812 bits per heavy atom. The molecule has 0 spiro atoms. The number of ether oxygens (including phenoxy) is 2. The van der Waals surface area contributed by atoms with Crippen LogP contribution in [0.4, 0.5) is 0 Å². The maximum atomic E-state index is 10.8. The molecule has 0 saturated heterocycles. The normalized spacial score (nSPS) is 18.1. The van der Waals surface area contributed by atoms with Crippen LogP contribution in [0.1, 0.15) is 0 Å². The third kappa shape index (κ3) is 3.42. The highest BCUT2D eigenvalue weighted by Crippen LogP contribution is 2.07. The Labute approximate surface area is 91.0 Å². The van der Waals surface area contributed by atoms with Crippen molar-refractivity contribution in [3.63, 3.8) is 0 Å². The van der Waals surface area contributed by atoms with Gasteiger partial charge in [-0.1, -0.05) is 0 Å². The van der Waals surface area contributed by atoms with Crippen molar-refractivity contribution < 1.29 is 39.5 Å². The first-order valence-corrected chi connectivity index (χ1v) is 4.24. The smallest absolute Gasteiger partial charge is 0.337 e. The second-order valence-electron chi connectivity index (χ2n) is 2.92. The molecule has 0 saturated carbocycles. The summed E-state index contributed by atoms with van der Waals surface area (Å²) in [6, 6.07) is 0. The van der Waals surface area contributed by atoms with E-state index in [0.29, 0.717) is 0 Å². The molecule has 0 bridgehead atoms. The van der Waals surface area contributed by atoms with Gasteiger partial charge in [0, 0.05) is 0 Å². The fourth-order valence-corrected chi connectivity index (χ4v) is 0.894. The molecule has 8 nitrogen and oxygen atoms in total. The Balaban J connectivity index is 4.54. The summed E-state index contributed by atoms with van der Waals surface area (Å²) in [4.78, 5) is 21.6. The van der Waals surface area contributed by atoms with Gasteiger partial charge < -0.3 is 29.9 Å². The van der Waals surface area contributed by atoms with E-state index in [9.17, 15) is 19.8 Å². The summed E-state index contributed by atoms with van der Waals surface area (Å²) in [5.41, 5.74) is 0. The highest BCUT2D eigenvalue weighted by Gasteiger charge is 2.38. The number of aliphatic hydroxyl groups is 4. The van der Waals surface area contributed by atoms with Crippen molar-refractivity contribution in [2.45, 2.75) is 24.4 Å². The molecule has 0 rings (SSSR count). The fraction of sp³-hybridized carbons (Fsp3) is 0.750. The van der Waals surface area contributed by atoms with Gasteiger partial charge >= 0.3 is 11.9 Å². The molecule has 0 aromatic heterocycles. The Morgan fingerprint density at radius 3 is 1.25 bits per heavy atom. The first-order valence-electron chi connectivity index (χ1n) is 4.24. The molecule has 0 unspecified atom stereocenters. The molecule has 0 radical (unpaired) electrons. The fourth-order valence-electron chi connectivity index (χ4n) is 0.894. The topological polar surface area (TPSA) is 134 Å². The molecule has 0 aliphatic carbocycles. The number of carbonyl (C=O) groups is 2. The average molecular weight is 238 g/mol. The minimum absolute atomic E-state index is 0.960. The first kappa shape index (κ1) is 14.8. The Hall–Kier alpha value is -1.22. The van der Waals surface area contributed by atoms with Gasteiger partial charge in [0.1, 0.15) is 12.2 Å². The molecular formula is C8H14O8. The molecule has 0 heterocycles. The average Bonchev–Trinajstić information content (AvgIpc) is 2.32. The third-order valence-electron chi connectivity index (χ3n) is 1.88. The molecule has 0 aromatic carbocycles. The molecule has 0 fully saturated rings. The van der Waals surface area contributed by atoms with Crippen LogP contribution in [0.25, 0.3) is 0 Å². The van der Waals surface area contributed by atoms with Crippen molar-refractivity contribution in [2.75, 3.05) is 14.2 Å². The first-order chi connectivity index (χ1) is 7.36. The summed E-state index contributed by atoms with van der Waals surface area (Å²) >= 11 is 0. The van der Waals surface area contributed by atoms with E-state index in [1.165, 1.54) is 0 Å². The number of carbonyl (C=O) groups excluding carboxylic acids is 2. The Kier molecular flexibility index (Phi) is 5.89. The van der Waals surface area contributed by atoms with Crippen molar-refractivity contribution in [3.05, 3.63) is 0 Å². The van der Waals surface area contributed by atoms with E-state index in [4.69, 9.17) is 10.2 Å². The van der Waals surface area contributed by atoms with Gasteiger partial charge in [-0.15, -0.1) is 0 Å². The lowest BCUT2D eigenvalue weighted by molar-refractivity contribution is -0.176. The Morgan fingerprint density at radius 2 is 1.06 bits per heavy atom. The van der Waals surface area contributed by atoms with Gasteiger partial charge in [-0.3, -0.25) is 0 Å². The van der Waals surface area contributed by atoms with Gasteiger partial charge in [-0.2, -0.15) is 0 Å². The molecule has 0 aliphatic heterocycles. The van der Waals surface area contributed by atoms with Crippen LogP contribution in [0, 0.1) is 0 Å². The van der Waals surface area contributed by atoms with Gasteiger partial charge in [-0.25, -0.2) is 9.59 Å². The molecule has 0 amide bonds. The van der Waals surface area contributed by atoms with E-state index in [1.807, 2.05) is 0 Å². The number of rotatable bonds is 5. The molecule has 8 heteroatoms. The van der Waals surface area contributed by atoms with Crippen LogP contribution in [0.2, 0.25) is 0 Å². The number of methoxy groups -OCH3 is 2. The quantitative estimate of drug-likeness (QED) is 0.367. The third-order valence-corrected chi connectivity index (χ3v) is 1.88. The maximum Gasteiger partial charge on any atom is 0.337 e. The SMILES string of the molecule is COC(=O)[C@@H](O)[C@@H](O)[C@H](O)[C@@H](O)C(=O)OC. The number of hydrogen-bond donors (Lipinski definition) is 4. The number of aliphatic hydroxyl groups excluding tert-OH is 4. The Bertz CT molecular complexity index is 226. The number of hydrogen-bond acceptors (Lipinski definition) is 8. The van der Waals surface area contributed by atoms with E-state index in [1.54, 1.807) is 0 Å². The van der Waals surface area contributed by atoms with Crippen LogP contribution in [0.5, 0.6) is 0 Å². The molecule has 94 valence electrons. The minimum Gasteiger partial charge on any atom is -0.467 e. The van der Waals surface area contributed by atoms with Crippen molar-refractivity contribution in [1.82, 2.24) is 0 Å². The van der Waals surface area contributed by atoms with Crippen LogP contribution in [-0.2, 0) is 19.1 Å². The van der Waals surface area contributed by atoms with Gasteiger partial charge in [0.2, 0.25) is 0 Å². The van der Waals surface area contributed by atoms with Crippen LogP contribution in [-0.4, -0.2) is 71.0 Å². The van der Waals surface area contributed by atoms with E-state index in [-0.39, 0.29) is 0 Å². The monoisotopic (exact) mass is 238 g/mol. The summed E-state index contributed by atoms with van der Waals surface area (Å²) in [5.74, 6) is -2.41. The summed E-state index contributed by atoms with van der Waals surface area (Å²) < 4.78 is 8.18. The van der Waals surface area contributed by atoms with E-state index in [2.05, 4.69) is 9.47 Å². The summed E-state index contributed by atoms with van der Waals surface area (Å²) in [7, 11) is 1.92. The van der Waals surface area contributed by atoms with Gasteiger partial charge in [0.15, 0.2) is 12.2 Å². The second-order valence-corrected chi connectivity index (χ2v) is 2.92. The summed E-state index contributed by atoms with van der Waals surface area (Å²) in [5, 5.41) is 36.7. The zero-order valence-electron chi connectivity index (χ0n) is 8.73. The van der Waals surface area contributed by atoms with E-state index >= 15 is 0 Å². The van der Waals surface area contributed by atoms with Crippen LogP contribution in [0.15, 0.2) is 0 Å². The number of esters is 2. The van der Waals surface area contributed by atoms with Gasteiger partial charge in [-0.05, 0) is 0 Å². The van der Waals surface area contributed by atoms with Gasteiger partial charge in [0.05, 0.1) is 14.2 Å². The lowest BCUT2D eigenvalue weighted by Gasteiger charge is -2.23. The predicted octanol–water partition coefficient (Wildman–Crippen LogP) is -3.22. The van der Waals surface area contributed by atoms with Crippen LogP contribution < -0.4 is 0 Å². The second kappa shape index (κ2) is 6.38. The van der Waals surface area contributed by atoms with Crippen molar-refractivity contribution >= 4 is 11.9 Å². The predicted molar refractivity (Wildman–Crippen MR) is 48.1 cm³/mol. The lowest BCUT2D eigenvalue weighted by atomic mass is 10.0. The van der Waals surface area contributed by atoms with Crippen LogP contribution in [0.3, 0.4) is 0 Å². The van der Waals surface area contributed by atoms with E-state index in [0.717, 1.165) is 14.2 Å². The molecule has 0 aliphatic rings. The van der Waals surface area contributed by atoms with Crippen molar-refractivity contribution in [2.24, 2.45) is 0 Å². The summed E-state index contributed by atoms with van der Waals surface area (Å²) in [6.07, 6.45) is -8.28. The highest BCUT2D eigenvalue weighted by molar-refractivity contribution is 5.77. The highest BCUT2D eigenvalue weighted by atomic mass is 16.5. The lowest BCUT2D eigenvalue weighted by Crippen LogP contribution is -2.50. The maximum absolute atomic E-state index is 10.8. The molecular weight excluding hydrogens is 224 g/mol. The standard InChI is InChI=1S/C8H14O8/c1-15-7(13)5(11)3(9)4(10)6(12)8(14)16-2/h3-6,9-12H,1-2H3/t3-,4-,5-,6+/m0/s1. The van der Waals surface area contributed by atoms with Crippen molar-refractivity contribution in [3.8, 4) is 0 Å². The minimum atomic E-state index is -2.07. The largest absolute Gasteiger partial charge is 0.467 e. The molecule has 16 heavy (non-hydrogen) atoms. The van der Waals surface area contributed by atoms with Crippen LogP contribution >= 0.6 is 0 Å². The van der Waals surface area contributed by atoms with Crippen molar-refractivity contribution in [1.29, 1.82) is 0 Å².